The van der Waals surface area contributed by atoms with E-state index in [0.717, 1.165) is 22.8 Å². The number of aromatic amines is 2. The van der Waals surface area contributed by atoms with Crippen molar-refractivity contribution in [1.29, 1.82) is 0 Å². The lowest BCUT2D eigenvalue weighted by molar-refractivity contribution is -0.121. The van der Waals surface area contributed by atoms with Crippen LogP contribution < -0.4 is 0 Å². The van der Waals surface area contributed by atoms with Gasteiger partial charge in [-0.15, -0.1) is 0 Å². The highest BCUT2D eigenvalue weighted by molar-refractivity contribution is 5.90. The Labute approximate surface area is 106 Å². The minimum atomic E-state index is -0.190. The molecule has 2 aromatic heterocycles. The lowest BCUT2D eigenvalue weighted by Gasteiger charge is -2.13. The summed E-state index contributed by atoms with van der Waals surface area (Å²) < 4.78 is 0. The number of aromatic nitrogens is 4. The normalized spacial score (nSPS) is 14.4. The number of carbonyl (C=O) groups excluding carboxylic acids is 1. The molecule has 0 bridgehead atoms. The number of carbonyl (C=O) groups is 1. The van der Waals surface area contributed by atoms with E-state index in [4.69, 9.17) is 0 Å². The van der Waals surface area contributed by atoms with E-state index in [9.17, 15) is 4.79 Å². The molecule has 96 valence electrons. The zero-order chi connectivity index (χ0) is 13.3. The quantitative estimate of drug-likeness (QED) is 0.868. The van der Waals surface area contributed by atoms with Gasteiger partial charge in [0.25, 0.3) is 0 Å². The summed E-state index contributed by atoms with van der Waals surface area (Å²) in [5, 5.41) is 13.9. The molecule has 0 aliphatic heterocycles. The summed E-state index contributed by atoms with van der Waals surface area (Å²) >= 11 is 0. The predicted octanol–water partition coefficient (Wildman–Crippen LogP) is 2.23. The number of hydrogen-bond acceptors (Lipinski definition) is 3. The van der Waals surface area contributed by atoms with Gasteiger partial charge >= 0.3 is 0 Å². The molecule has 0 amide bonds. The van der Waals surface area contributed by atoms with Gasteiger partial charge in [-0.3, -0.25) is 15.0 Å². The molecule has 0 aromatic carbocycles. The third kappa shape index (κ3) is 2.34. The van der Waals surface area contributed by atoms with Gasteiger partial charge in [0.1, 0.15) is 5.78 Å². The van der Waals surface area contributed by atoms with Crippen molar-refractivity contribution in [2.24, 2.45) is 0 Å². The van der Waals surface area contributed by atoms with Crippen LogP contribution in [-0.2, 0) is 4.79 Å². The molecule has 2 heterocycles. The van der Waals surface area contributed by atoms with Crippen LogP contribution in [0.1, 0.15) is 48.5 Å². The maximum atomic E-state index is 12.4. The van der Waals surface area contributed by atoms with Gasteiger partial charge in [-0.05, 0) is 39.8 Å². The Hall–Kier alpha value is -1.91. The molecular weight excluding hydrogens is 228 g/mol. The van der Waals surface area contributed by atoms with E-state index in [2.05, 4.69) is 20.4 Å². The van der Waals surface area contributed by atoms with Gasteiger partial charge in [-0.2, -0.15) is 10.2 Å². The number of aryl methyl sites for hydroxylation is 2. The van der Waals surface area contributed by atoms with Gasteiger partial charge in [0.05, 0.1) is 23.2 Å². The molecule has 0 spiro atoms. The highest BCUT2D eigenvalue weighted by Gasteiger charge is 2.25. The molecule has 0 radical (unpaired) electrons. The van der Waals surface area contributed by atoms with Crippen LogP contribution in [0.4, 0.5) is 0 Å². The van der Waals surface area contributed by atoms with Crippen LogP contribution in [0.2, 0.25) is 0 Å². The highest BCUT2D eigenvalue weighted by Crippen LogP contribution is 2.24. The third-order valence-electron chi connectivity index (χ3n) is 3.24. The number of rotatable bonds is 4. The summed E-state index contributed by atoms with van der Waals surface area (Å²) in [5.41, 5.74) is 3.52. The first-order valence-corrected chi connectivity index (χ1v) is 6.06. The average molecular weight is 246 g/mol. The van der Waals surface area contributed by atoms with Crippen molar-refractivity contribution in [1.82, 2.24) is 20.4 Å². The van der Waals surface area contributed by atoms with Crippen molar-refractivity contribution in [2.45, 2.75) is 39.5 Å². The first kappa shape index (κ1) is 12.5. The Balaban J connectivity index is 2.16. The zero-order valence-corrected chi connectivity index (χ0v) is 11.1. The smallest absolute Gasteiger partial charge is 0.150 e. The maximum absolute atomic E-state index is 12.4. The maximum Gasteiger partial charge on any atom is 0.150 e. The first-order chi connectivity index (χ1) is 8.49. The lowest BCUT2D eigenvalue weighted by Crippen LogP contribution is -2.17. The van der Waals surface area contributed by atoms with Gasteiger partial charge in [0.2, 0.25) is 0 Å². The Morgan fingerprint density at radius 3 is 1.67 bits per heavy atom. The summed E-state index contributed by atoms with van der Waals surface area (Å²) in [6, 6.07) is 3.82. The highest BCUT2D eigenvalue weighted by atomic mass is 16.1. The van der Waals surface area contributed by atoms with Crippen molar-refractivity contribution in [2.75, 3.05) is 0 Å². The van der Waals surface area contributed by atoms with Gasteiger partial charge in [0.15, 0.2) is 0 Å². The summed E-state index contributed by atoms with van der Waals surface area (Å²) in [6.45, 7) is 7.60. The third-order valence-corrected chi connectivity index (χ3v) is 3.24. The minimum Gasteiger partial charge on any atom is -0.298 e. The molecule has 0 saturated carbocycles. The summed E-state index contributed by atoms with van der Waals surface area (Å²) in [6.07, 6.45) is 0. The SMILES string of the molecule is Cc1cc(C(C)C(=O)C(C)c2cc(C)n[nH]2)[nH]n1. The first-order valence-electron chi connectivity index (χ1n) is 6.06. The molecule has 0 aliphatic rings. The largest absolute Gasteiger partial charge is 0.298 e. The molecule has 2 aromatic rings. The van der Waals surface area contributed by atoms with E-state index < -0.39 is 0 Å². The summed E-state index contributed by atoms with van der Waals surface area (Å²) in [7, 11) is 0. The second-order valence-corrected chi connectivity index (χ2v) is 4.78. The average Bonchev–Trinajstić information content (AvgIpc) is 2.95. The van der Waals surface area contributed by atoms with Crippen molar-refractivity contribution in [3.63, 3.8) is 0 Å². The lowest BCUT2D eigenvalue weighted by atomic mass is 9.91. The molecule has 0 aliphatic carbocycles. The fraction of sp³-hybridized carbons (Fsp3) is 0.462. The van der Waals surface area contributed by atoms with Crippen molar-refractivity contribution >= 4 is 5.78 Å². The Kier molecular flexibility index (Phi) is 3.32. The molecule has 2 unspecified atom stereocenters. The predicted molar refractivity (Wildman–Crippen MR) is 68.5 cm³/mol. The van der Waals surface area contributed by atoms with E-state index in [1.807, 2.05) is 39.8 Å². The fourth-order valence-corrected chi connectivity index (χ4v) is 2.01. The molecule has 18 heavy (non-hydrogen) atoms. The van der Waals surface area contributed by atoms with Gasteiger partial charge < -0.3 is 0 Å². The fourth-order valence-electron chi connectivity index (χ4n) is 2.01. The van der Waals surface area contributed by atoms with Gasteiger partial charge in [0, 0.05) is 11.4 Å². The van der Waals surface area contributed by atoms with E-state index in [-0.39, 0.29) is 17.6 Å². The topological polar surface area (TPSA) is 74.4 Å². The van der Waals surface area contributed by atoms with Crippen LogP contribution in [0.5, 0.6) is 0 Å². The van der Waals surface area contributed by atoms with Crippen LogP contribution in [0.15, 0.2) is 12.1 Å². The number of ketones is 1. The van der Waals surface area contributed by atoms with Crippen LogP contribution in [0.25, 0.3) is 0 Å². The Morgan fingerprint density at radius 2 is 1.39 bits per heavy atom. The molecule has 0 fully saturated rings. The minimum absolute atomic E-state index is 0.155. The number of hydrogen-bond donors (Lipinski definition) is 2. The van der Waals surface area contributed by atoms with E-state index in [0.29, 0.717) is 0 Å². The van der Waals surface area contributed by atoms with Crippen LogP contribution >= 0.6 is 0 Å². The molecular formula is C13H18N4O. The van der Waals surface area contributed by atoms with E-state index >= 15 is 0 Å². The Bertz CT molecular complexity index is 507. The molecule has 5 heteroatoms. The molecule has 5 nitrogen and oxygen atoms in total. The van der Waals surface area contributed by atoms with Crippen molar-refractivity contribution in [3.8, 4) is 0 Å². The van der Waals surface area contributed by atoms with Crippen molar-refractivity contribution < 1.29 is 4.79 Å². The zero-order valence-electron chi connectivity index (χ0n) is 11.1. The second kappa shape index (κ2) is 4.76. The number of Topliss-reactive ketones (excluding diaryl/α,β-unsaturated/α-hetero) is 1. The second-order valence-electron chi connectivity index (χ2n) is 4.78. The van der Waals surface area contributed by atoms with Gasteiger partial charge in [-0.25, -0.2) is 0 Å². The molecule has 2 atom stereocenters. The Morgan fingerprint density at radius 1 is 1.00 bits per heavy atom. The number of nitrogens with zero attached hydrogens (tertiary/aromatic N) is 2. The molecule has 0 saturated heterocycles. The molecule has 2 N–H and O–H groups in total. The van der Waals surface area contributed by atoms with Crippen molar-refractivity contribution in [3.05, 3.63) is 34.9 Å². The van der Waals surface area contributed by atoms with E-state index in [1.165, 1.54) is 0 Å². The van der Waals surface area contributed by atoms with E-state index in [1.54, 1.807) is 0 Å². The number of H-pyrrole nitrogens is 2. The standard InChI is InChI=1S/C13H18N4O/c1-7-5-11(16-14-7)9(3)13(18)10(4)12-6-8(2)15-17-12/h5-6,9-10H,1-4H3,(H,14,16)(H,15,17). The monoisotopic (exact) mass is 246 g/mol. The summed E-state index contributed by atoms with van der Waals surface area (Å²) in [5.74, 6) is -0.225. The molecule has 2 rings (SSSR count). The number of nitrogens with one attached hydrogen (secondary N) is 2. The van der Waals surface area contributed by atoms with Gasteiger partial charge in [-0.1, -0.05) is 0 Å². The van der Waals surface area contributed by atoms with Crippen LogP contribution in [0, 0.1) is 13.8 Å². The summed E-state index contributed by atoms with van der Waals surface area (Å²) in [4.78, 5) is 12.4. The van der Waals surface area contributed by atoms with Crippen LogP contribution in [-0.4, -0.2) is 26.2 Å². The van der Waals surface area contributed by atoms with Crippen LogP contribution in [0.3, 0.4) is 0 Å².